The van der Waals surface area contributed by atoms with E-state index in [0.717, 1.165) is 28.9 Å². The van der Waals surface area contributed by atoms with Gasteiger partial charge in [-0.05, 0) is 56.2 Å². The molecule has 0 saturated carbocycles. The van der Waals surface area contributed by atoms with Crippen molar-refractivity contribution in [1.29, 1.82) is 0 Å². The monoisotopic (exact) mass is 308 g/mol. The maximum absolute atomic E-state index is 12.4. The molecule has 3 heterocycles. The molecule has 23 heavy (non-hydrogen) atoms. The Hall–Kier alpha value is -2.62. The van der Waals surface area contributed by atoms with Gasteiger partial charge in [0.2, 0.25) is 0 Å². The number of hydrogen-bond donors (Lipinski definition) is 0. The van der Waals surface area contributed by atoms with Crippen LogP contribution in [0.4, 0.5) is 0 Å². The first kappa shape index (κ1) is 15.3. The quantitative estimate of drug-likeness (QED) is 0.683. The predicted molar refractivity (Wildman–Crippen MR) is 90.7 cm³/mol. The van der Waals surface area contributed by atoms with E-state index in [2.05, 4.69) is 24.0 Å². The Morgan fingerprint density at radius 3 is 2.74 bits per heavy atom. The molecule has 3 rings (SSSR count). The second-order valence-electron chi connectivity index (χ2n) is 5.50. The van der Waals surface area contributed by atoms with Crippen LogP contribution in [0.1, 0.15) is 35.5 Å². The summed E-state index contributed by atoms with van der Waals surface area (Å²) in [5.74, 6) is -0.293. The van der Waals surface area contributed by atoms with Gasteiger partial charge in [0, 0.05) is 29.2 Å². The van der Waals surface area contributed by atoms with Crippen LogP contribution in [-0.2, 0) is 11.2 Å². The average Bonchev–Trinajstić information content (AvgIpc) is 2.93. The molecule has 0 spiro atoms. The van der Waals surface area contributed by atoms with E-state index in [9.17, 15) is 4.79 Å². The number of fused-ring (bicyclic) bond motifs is 1. The van der Waals surface area contributed by atoms with Gasteiger partial charge in [-0.1, -0.05) is 6.92 Å². The lowest BCUT2D eigenvalue weighted by Crippen LogP contribution is -2.05. The molecule has 0 unspecified atom stereocenters. The summed E-state index contributed by atoms with van der Waals surface area (Å²) in [4.78, 5) is 16.6. The molecule has 4 nitrogen and oxygen atoms in total. The van der Waals surface area contributed by atoms with Gasteiger partial charge in [-0.3, -0.25) is 4.98 Å². The van der Waals surface area contributed by atoms with E-state index >= 15 is 0 Å². The van der Waals surface area contributed by atoms with Crippen LogP contribution in [0.15, 0.2) is 42.7 Å². The van der Waals surface area contributed by atoms with Crippen molar-refractivity contribution in [3.05, 3.63) is 59.5 Å². The van der Waals surface area contributed by atoms with E-state index < -0.39 is 0 Å². The highest BCUT2D eigenvalue weighted by Gasteiger charge is 2.19. The zero-order chi connectivity index (χ0) is 16.4. The van der Waals surface area contributed by atoms with Crippen LogP contribution in [-0.4, -0.2) is 22.0 Å². The van der Waals surface area contributed by atoms with Gasteiger partial charge in [0.15, 0.2) is 0 Å². The van der Waals surface area contributed by atoms with Crippen molar-refractivity contribution < 1.29 is 9.53 Å². The molecule has 0 aliphatic rings. The minimum atomic E-state index is -0.293. The van der Waals surface area contributed by atoms with Crippen molar-refractivity contribution in [3.8, 4) is 11.3 Å². The van der Waals surface area contributed by atoms with E-state index in [1.54, 1.807) is 6.20 Å². The Morgan fingerprint density at radius 2 is 2.04 bits per heavy atom. The van der Waals surface area contributed by atoms with Crippen molar-refractivity contribution in [2.24, 2.45) is 0 Å². The Kier molecular flexibility index (Phi) is 4.15. The maximum Gasteiger partial charge on any atom is 0.340 e. The number of rotatable bonds is 4. The minimum absolute atomic E-state index is 0.293. The molecule has 0 amide bonds. The molecule has 0 saturated heterocycles. The maximum atomic E-state index is 12.4. The van der Waals surface area contributed by atoms with E-state index in [1.165, 1.54) is 5.56 Å². The van der Waals surface area contributed by atoms with Gasteiger partial charge in [0.05, 0.1) is 17.9 Å². The summed E-state index contributed by atoms with van der Waals surface area (Å²) in [7, 11) is 0. The zero-order valence-electron chi connectivity index (χ0n) is 13.7. The summed E-state index contributed by atoms with van der Waals surface area (Å²) in [6.07, 6.45) is 4.74. The fourth-order valence-corrected chi connectivity index (χ4v) is 2.80. The molecule has 0 aliphatic carbocycles. The molecule has 0 aliphatic heterocycles. The molecule has 0 fully saturated rings. The molecule has 3 aromatic rings. The molecule has 0 atom stereocenters. The molecule has 4 heteroatoms. The third-order valence-electron chi connectivity index (χ3n) is 3.91. The Bertz CT molecular complexity index is 865. The third-order valence-corrected chi connectivity index (χ3v) is 3.91. The fourth-order valence-electron chi connectivity index (χ4n) is 2.80. The van der Waals surface area contributed by atoms with E-state index in [4.69, 9.17) is 4.74 Å². The average molecular weight is 308 g/mol. The summed E-state index contributed by atoms with van der Waals surface area (Å²) in [6.45, 7) is 6.24. The number of nitrogens with zero attached hydrogens (tertiary/aromatic N) is 2. The van der Waals surface area contributed by atoms with Crippen LogP contribution in [0, 0.1) is 6.92 Å². The lowest BCUT2D eigenvalue weighted by Gasteiger charge is -2.08. The van der Waals surface area contributed by atoms with Crippen molar-refractivity contribution in [1.82, 2.24) is 9.38 Å². The van der Waals surface area contributed by atoms with Gasteiger partial charge in [-0.2, -0.15) is 0 Å². The third kappa shape index (κ3) is 2.84. The normalized spacial score (nSPS) is 10.9. The highest BCUT2D eigenvalue weighted by atomic mass is 16.5. The lowest BCUT2D eigenvalue weighted by molar-refractivity contribution is 0.0527. The first-order valence-corrected chi connectivity index (χ1v) is 7.88. The van der Waals surface area contributed by atoms with Crippen molar-refractivity contribution >= 4 is 11.5 Å². The standard InChI is InChI=1S/C19H20N2O2/c1-4-14-7-9-21-16(11-14)12-17(19(22)23-5-2)18(21)15-6-8-20-13(3)10-15/h6-12H,4-5H2,1-3H3. The fraction of sp³-hybridized carbons (Fsp3) is 0.263. The molecular weight excluding hydrogens is 288 g/mol. The van der Waals surface area contributed by atoms with Gasteiger partial charge >= 0.3 is 5.97 Å². The predicted octanol–water partition coefficient (Wildman–Crippen LogP) is 4.05. The first-order valence-electron chi connectivity index (χ1n) is 7.88. The van der Waals surface area contributed by atoms with Gasteiger partial charge < -0.3 is 9.14 Å². The van der Waals surface area contributed by atoms with Crippen LogP contribution in [0.5, 0.6) is 0 Å². The first-order chi connectivity index (χ1) is 11.1. The Labute approximate surface area is 135 Å². The number of esters is 1. The van der Waals surface area contributed by atoms with Gasteiger partial charge in [0.1, 0.15) is 0 Å². The number of ether oxygens (including phenoxy) is 1. The number of pyridine rings is 2. The van der Waals surface area contributed by atoms with E-state index in [1.807, 2.05) is 42.6 Å². The number of carbonyl (C=O) groups excluding carboxylic acids is 1. The summed E-state index contributed by atoms with van der Waals surface area (Å²) in [5.41, 5.74) is 5.55. The molecular formula is C19H20N2O2. The van der Waals surface area contributed by atoms with Crippen molar-refractivity contribution in [2.75, 3.05) is 6.61 Å². The second-order valence-corrected chi connectivity index (χ2v) is 5.50. The SMILES string of the molecule is CCOC(=O)c1cc2cc(CC)ccn2c1-c1ccnc(C)c1. The van der Waals surface area contributed by atoms with Crippen LogP contribution >= 0.6 is 0 Å². The van der Waals surface area contributed by atoms with E-state index in [0.29, 0.717) is 12.2 Å². The Morgan fingerprint density at radius 1 is 1.22 bits per heavy atom. The van der Waals surface area contributed by atoms with Crippen LogP contribution in [0.2, 0.25) is 0 Å². The van der Waals surface area contributed by atoms with Crippen LogP contribution in [0.25, 0.3) is 16.8 Å². The van der Waals surface area contributed by atoms with Crippen LogP contribution < -0.4 is 0 Å². The van der Waals surface area contributed by atoms with Crippen molar-refractivity contribution in [3.63, 3.8) is 0 Å². The smallest absolute Gasteiger partial charge is 0.340 e. The molecule has 0 aromatic carbocycles. The number of hydrogen-bond acceptors (Lipinski definition) is 3. The van der Waals surface area contributed by atoms with Gasteiger partial charge in [0.25, 0.3) is 0 Å². The summed E-state index contributed by atoms with van der Waals surface area (Å²) in [5, 5.41) is 0. The molecule has 3 aromatic heterocycles. The number of aryl methyl sites for hydroxylation is 2. The Balaban J connectivity index is 2.27. The molecule has 0 radical (unpaired) electrons. The highest BCUT2D eigenvalue weighted by molar-refractivity contribution is 5.99. The summed E-state index contributed by atoms with van der Waals surface area (Å²) in [6, 6.07) is 10.0. The zero-order valence-corrected chi connectivity index (χ0v) is 13.7. The van der Waals surface area contributed by atoms with Crippen molar-refractivity contribution in [2.45, 2.75) is 27.2 Å². The summed E-state index contributed by atoms with van der Waals surface area (Å²) < 4.78 is 7.28. The molecule has 0 N–H and O–H groups in total. The van der Waals surface area contributed by atoms with E-state index in [-0.39, 0.29) is 5.97 Å². The molecule has 0 bridgehead atoms. The second kappa shape index (κ2) is 6.24. The summed E-state index contributed by atoms with van der Waals surface area (Å²) >= 11 is 0. The van der Waals surface area contributed by atoms with Crippen LogP contribution in [0.3, 0.4) is 0 Å². The highest BCUT2D eigenvalue weighted by Crippen LogP contribution is 2.29. The lowest BCUT2D eigenvalue weighted by atomic mass is 10.1. The largest absolute Gasteiger partial charge is 0.462 e. The van der Waals surface area contributed by atoms with Gasteiger partial charge in [-0.25, -0.2) is 4.79 Å². The van der Waals surface area contributed by atoms with Gasteiger partial charge in [-0.15, -0.1) is 0 Å². The molecule has 118 valence electrons. The minimum Gasteiger partial charge on any atom is -0.462 e. The number of carbonyl (C=O) groups is 1. The topological polar surface area (TPSA) is 43.6 Å². The number of aromatic nitrogens is 2.